The van der Waals surface area contributed by atoms with Crippen molar-refractivity contribution in [3.05, 3.63) is 25.3 Å². The summed E-state index contributed by atoms with van der Waals surface area (Å²) in [5.41, 5.74) is 1.56. The average molecular weight is 197 g/mol. The quantitative estimate of drug-likeness (QED) is 0.576. The summed E-state index contributed by atoms with van der Waals surface area (Å²) in [7, 11) is 0. The Morgan fingerprint density at radius 1 is 1.10 bits per heavy atom. The second-order valence-corrected chi connectivity index (χ2v) is 2.45. The molecule has 0 N–H and O–H groups in total. The zero-order chi connectivity index (χ0) is 7.56. The van der Waals surface area contributed by atoms with Gasteiger partial charge in [0.1, 0.15) is 0 Å². The van der Waals surface area contributed by atoms with Gasteiger partial charge < -0.3 is 0 Å². The van der Waals surface area contributed by atoms with E-state index in [0.29, 0.717) is 4.67 Å². The molecule has 0 saturated heterocycles. The zero-order valence-corrected chi connectivity index (χ0v) is 7.08. The van der Waals surface area contributed by atoms with Crippen molar-refractivity contribution >= 4 is 31.7 Å². The summed E-state index contributed by atoms with van der Waals surface area (Å²) in [4.78, 5) is 8.09. The van der Waals surface area contributed by atoms with E-state index in [2.05, 4.69) is 38.7 Å². The molecule has 0 atom stereocenters. The van der Waals surface area contributed by atoms with E-state index in [1.807, 2.05) is 0 Å². The molecule has 0 aliphatic carbocycles. The molecule has 1 rings (SSSR count). The molecule has 1 aliphatic heterocycles. The molecule has 0 aromatic rings. The van der Waals surface area contributed by atoms with Crippen LogP contribution in [0.5, 0.6) is 0 Å². The molecule has 0 spiro atoms. The van der Waals surface area contributed by atoms with Gasteiger partial charge in [-0.05, 0) is 0 Å². The minimum atomic E-state index is 0.643. The first-order valence-electron chi connectivity index (χ1n) is 2.74. The summed E-state index contributed by atoms with van der Waals surface area (Å²) in [6.07, 6.45) is 3.32. The molecule has 0 amide bonds. The van der Waals surface area contributed by atoms with Crippen LogP contribution < -0.4 is 0 Å². The second-order valence-electron chi connectivity index (χ2n) is 1.68. The Hall–Kier alpha value is -0.791. The van der Waals surface area contributed by atoms with Crippen molar-refractivity contribution in [3.63, 3.8) is 0 Å². The van der Waals surface area contributed by atoms with E-state index in [-0.39, 0.29) is 0 Å². The molecule has 0 aromatic heterocycles. The van der Waals surface area contributed by atoms with Crippen LogP contribution in [0.15, 0.2) is 35.3 Å². The van der Waals surface area contributed by atoms with Crippen LogP contribution in [0, 0.1) is 0 Å². The normalized spacial score (nSPS) is 16.2. The van der Waals surface area contributed by atoms with Crippen LogP contribution in [0.25, 0.3) is 0 Å². The summed E-state index contributed by atoms with van der Waals surface area (Å²) >= 11 is 2.71. The van der Waals surface area contributed by atoms with Gasteiger partial charge in [-0.2, -0.15) is 0 Å². The first kappa shape index (κ1) is 7.32. The van der Waals surface area contributed by atoms with Gasteiger partial charge in [-0.15, -0.1) is 0 Å². The summed E-state index contributed by atoms with van der Waals surface area (Å²) in [6.45, 7) is 7.18. The van der Waals surface area contributed by atoms with Crippen molar-refractivity contribution in [1.29, 1.82) is 0 Å². The van der Waals surface area contributed by atoms with E-state index in [9.17, 15) is 0 Å². The number of aliphatic imine (C=N–C) groups is 2. The van der Waals surface area contributed by atoms with Crippen LogP contribution in [0.3, 0.4) is 0 Å². The number of rotatable bonds is 2. The van der Waals surface area contributed by atoms with Gasteiger partial charge >= 0.3 is 67.0 Å². The van der Waals surface area contributed by atoms with Crippen molar-refractivity contribution in [2.24, 2.45) is 9.98 Å². The standard InChI is InChI=1S/C7H6N2Se/c1-3-5-6(4-2)9-7(10)8-5/h3-4H,1-2H2. The Morgan fingerprint density at radius 3 is 1.80 bits per heavy atom. The molecule has 0 unspecified atom stereocenters. The van der Waals surface area contributed by atoms with Gasteiger partial charge in [0, 0.05) is 0 Å². The zero-order valence-electron chi connectivity index (χ0n) is 5.37. The SMILES string of the molecule is C=CC1=NC(=[Se])N=C1C=C. The molecule has 0 saturated carbocycles. The van der Waals surface area contributed by atoms with E-state index in [4.69, 9.17) is 0 Å². The van der Waals surface area contributed by atoms with Gasteiger partial charge in [0.2, 0.25) is 0 Å². The first-order chi connectivity index (χ1) is 4.77. The number of allylic oxidation sites excluding steroid dienone is 2. The van der Waals surface area contributed by atoms with Crippen molar-refractivity contribution in [3.8, 4) is 0 Å². The fourth-order valence-electron chi connectivity index (χ4n) is 0.646. The minimum absolute atomic E-state index is 0.643. The van der Waals surface area contributed by atoms with E-state index in [1.165, 1.54) is 0 Å². The summed E-state index contributed by atoms with van der Waals surface area (Å²) in [5, 5.41) is 0. The Morgan fingerprint density at radius 2 is 1.50 bits per heavy atom. The first-order valence-corrected chi connectivity index (χ1v) is 3.60. The molecular formula is C7H6N2Se. The van der Waals surface area contributed by atoms with E-state index in [0.717, 1.165) is 11.4 Å². The Balaban J connectivity index is 3.04. The van der Waals surface area contributed by atoms with Crippen molar-refractivity contribution < 1.29 is 0 Å². The van der Waals surface area contributed by atoms with Crippen LogP contribution in [0.1, 0.15) is 0 Å². The molecule has 0 bridgehead atoms. The van der Waals surface area contributed by atoms with Crippen molar-refractivity contribution in [2.45, 2.75) is 0 Å². The maximum absolute atomic E-state index is 4.04. The Bertz CT molecular complexity index is 235. The molecule has 50 valence electrons. The third-order valence-electron chi connectivity index (χ3n) is 1.08. The molecule has 2 nitrogen and oxygen atoms in total. The summed E-state index contributed by atoms with van der Waals surface area (Å²) in [5.74, 6) is 0. The monoisotopic (exact) mass is 198 g/mol. The van der Waals surface area contributed by atoms with E-state index >= 15 is 0 Å². The average Bonchev–Trinajstić information content (AvgIpc) is 2.30. The van der Waals surface area contributed by atoms with Gasteiger partial charge in [0.05, 0.1) is 0 Å². The molecule has 0 aromatic carbocycles. The molecule has 1 heterocycles. The van der Waals surface area contributed by atoms with Crippen molar-refractivity contribution in [2.75, 3.05) is 0 Å². The Labute approximate surface area is 67.4 Å². The molecule has 0 radical (unpaired) electrons. The van der Waals surface area contributed by atoms with Gasteiger partial charge in [0.15, 0.2) is 0 Å². The molecule has 1 aliphatic rings. The number of hydrogen-bond acceptors (Lipinski definition) is 2. The van der Waals surface area contributed by atoms with Crippen molar-refractivity contribution in [1.82, 2.24) is 0 Å². The molecular weight excluding hydrogens is 191 g/mol. The van der Waals surface area contributed by atoms with Gasteiger partial charge in [0.25, 0.3) is 0 Å². The predicted molar refractivity (Wildman–Crippen MR) is 46.0 cm³/mol. The third-order valence-corrected chi connectivity index (χ3v) is 1.46. The maximum atomic E-state index is 4.04. The number of nitrogens with zero attached hydrogens (tertiary/aromatic N) is 2. The fraction of sp³-hybridized carbons (Fsp3) is 0. The molecule has 0 fully saturated rings. The Kier molecular flexibility index (Phi) is 2.09. The van der Waals surface area contributed by atoms with Gasteiger partial charge in [-0.3, -0.25) is 0 Å². The summed E-state index contributed by atoms with van der Waals surface area (Å²) < 4.78 is 0.643. The van der Waals surface area contributed by atoms with Crippen LogP contribution in [0.2, 0.25) is 0 Å². The fourth-order valence-corrected chi connectivity index (χ4v) is 1.06. The van der Waals surface area contributed by atoms with Crippen LogP contribution in [-0.2, 0) is 0 Å². The van der Waals surface area contributed by atoms with Gasteiger partial charge in [-0.25, -0.2) is 0 Å². The van der Waals surface area contributed by atoms with Gasteiger partial charge in [-0.1, -0.05) is 0 Å². The number of hydrogen-bond donors (Lipinski definition) is 0. The van der Waals surface area contributed by atoms with Crippen LogP contribution >= 0.6 is 0 Å². The topological polar surface area (TPSA) is 24.7 Å². The van der Waals surface area contributed by atoms with E-state index in [1.54, 1.807) is 12.2 Å². The second kappa shape index (κ2) is 2.86. The third kappa shape index (κ3) is 1.20. The molecule has 10 heavy (non-hydrogen) atoms. The van der Waals surface area contributed by atoms with Crippen LogP contribution in [0.4, 0.5) is 0 Å². The summed E-state index contributed by atoms with van der Waals surface area (Å²) in [6, 6.07) is 0. The van der Waals surface area contributed by atoms with E-state index < -0.39 is 0 Å². The predicted octanol–water partition coefficient (Wildman–Crippen LogP) is 0.510. The molecule has 3 heteroatoms. The van der Waals surface area contributed by atoms with Crippen LogP contribution in [-0.4, -0.2) is 31.7 Å².